The highest BCUT2D eigenvalue weighted by Crippen LogP contribution is 2.61. The molecule has 0 aliphatic heterocycles. The first-order valence-corrected chi connectivity index (χ1v) is 10.6. The van der Waals surface area contributed by atoms with Crippen molar-refractivity contribution in [2.75, 3.05) is 12.8 Å². The molecule has 0 saturated heterocycles. The van der Waals surface area contributed by atoms with Crippen molar-refractivity contribution < 1.29 is 0 Å². The molecule has 5 rings (SSSR count). The molecule has 0 spiro atoms. The summed E-state index contributed by atoms with van der Waals surface area (Å²) in [5.74, 6) is 4.65. The van der Waals surface area contributed by atoms with Crippen molar-refractivity contribution in [3.8, 4) is 0 Å². The molecule has 0 aromatic carbocycles. The van der Waals surface area contributed by atoms with E-state index < -0.39 is 0 Å². The molecule has 21 heavy (non-hydrogen) atoms. The van der Waals surface area contributed by atoms with Gasteiger partial charge in [0.05, 0.1) is 0 Å². The summed E-state index contributed by atoms with van der Waals surface area (Å²) in [5, 5.41) is 4.75. The summed E-state index contributed by atoms with van der Waals surface area (Å²) >= 11 is 2.32. The third-order valence-corrected chi connectivity index (χ3v) is 8.69. The Morgan fingerprint density at radius 1 is 0.952 bits per heavy atom. The predicted octanol–water partition coefficient (Wildman–Crippen LogP) is 4.86. The lowest BCUT2D eigenvalue weighted by Crippen LogP contribution is -2.56. The fourth-order valence-electron chi connectivity index (χ4n) is 6.63. The Labute approximate surface area is 135 Å². The van der Waals surface area contributed by atoms with E-state index in [9.17, 15) is 0 Å². The third-order valence-electron chi connectivity index (χ3n) is 7.22. The van der Waals surface area contributed by atoms with Crippen molar-refractivity contribution in [2.24, 2.45) is 23.2 Å². The minimum Gasteiger partial charge on any atom is -0.316 e. The lowest BCUT2D eigenvalue weighted by Gasteiger charge is -2.59. The van der Waals surface area contributed by atoms with Gasteiger partial charge in [-0.1, -0.05) is 19.3 Å². The van der Waals surface area contributed by atoms with Crippen LogP contribution in [0.5, 0.6) is 0 Å². The Kier molecular flexibility index (Phi) is 4.30. The summed E-state index contributed by atoms with van der Waals surface area (Å²) in [6.45, 7) is 0. The van der Waals surface area contributed by atoms with Crippen LogP contribution in [-0.4, -0.2) is 24.1 Å². The highest BCUT2D eigenvalue weighted by Gasteiger charge is 2.53. The van der Waals surface area contributed by atoms with E-state index in [0.717, 1.165) is 29.0 Å². The highest BCUT2D eigenvalue weighted by molar-refractivity contribution is 7.99. The second-order valence-electron chi connectivity index (χ2n) is 8.71. The maximum atomic E-state index is 3.78. The summed E-state index contributed by atoms with van der Waals surface area (Å²) < 4.78 is 0. The molecule has 1 nitrogen and oxygen atoms in total. The third kappa shape index (κ3) is 2.92. The van der Waals surface area contributed by atoms with Crippen LogP contribution in [0.3, 0.4) is 0 Å². The van der Waals surface area contributed by atoms with Crippen molar-refractivity contribution in [1.29, 1.82) is 0 Å². The monoisotopic (exact) mass is 307 g/mol. The standard InChI is InChI=1S/C19H33NS/c1-20-18(13-21-17-5-3-2-4-6-17)19-10-14-7-15(11-19)9-16(8-14)12-19/h14-18,20H,2-13H2,1H3. The first kappa shape index (κ1) is 14.9. The number of thioether (sulfide) groups is 1. The Morgan fingerprint density at radius 3 is 2.05 bits per heavy atom. The average Bonchev–Trinajstić information content (AvgIpc) is 2.47. The van der Waals surface area contributed by atoms with E-state index in [1.54, 1.807) is 38.5 Å². The molecule has 1 unspecified atom stereocenters. The van der Waals surface area contributed by atoms with Gasteiger partial charge >= 0.3 is 0 Å². The molecule has 5 aliphatic rings. The Bertz CT molecular complexity index is 325. The van der Waals surface area contributed by atoms with Gasteiger partial charge in [0.2, 0.25) is 0 Å². The van der Waals surface area contributed by atoms with Crippen molar-refractivity contribution in [3.05, 3.63) is 0 Å². The van der Waals surface area contributed by atoms with Crippen molar-refractivity contribution in [1.82, 2.24) is 5.32 Å². The fourth-order valence-corrected chi connectivity index (χ4v) is 8.29. The van der Waals surface area contributed by atoms with E-state index in [2.05, 4.69) is 24.1 Å². The summed E-state index contributed by atoms with van der Waals surface area (Å²) in [5.41, 5.74) is 0.686. The molecule has 2 heteroatoms. The van der Waals surface area contributed by atoms with Crippen molar-refractivity contribution in [2.45, 2.75) is 81.9 Å². The van der Waals surface area contributed by atoms with E-state index in [1.807, 2.05) is 0 Å². The van der Waals surface area contributed by atoms with Gasteiger partial charge in [-0.05, 0) is 81.6 Å². The molecule has 0 aromatic rings. The Balaban J connectivity index is 1.40. The minimum absolute atomic E-state index is 0.686. The second kappa shape index (κ2) is 6.07. The predicted molar refractivity (Wildman–Crippen MR) is 92.8 cm³/mol. The molecular weight excluding hydrogens is 274 g/mol. The Hall–Kier alpha value is 0.310. The molecule has 4 bridgehead atoms. The molecule has 120 valence electrons. The minimum atomic E-state index is 0.686. The first-order chi connectivity index (χ1) is 10.3. The van der Waals surface area contributed by atoms with Crippen molar-refractivity contribution >= 4 is 11.8 Å². The van der Waals surface area contributed by atoms with Gasteiger partial charge in [-0.2, -0.15) is 11.8 Å². The molecule has 1 N–H and O–H groups in total. The zero-order valence-corrected chi connectivity index (χ0v) is 14.6. The first-order valence-electron chi connectivity index (χ1n) is 9.56. The second-order valence-corrected chi connectivity index (χ2v) is 10.0. The van der Waals surface area contributed by atoms with Gasteiger partial charge in [0.25, 0.3) is 0 Å². The van der Waals surface area contributed by atoms with Gasteiger partial charge in [-0.25, -0.2) is 0 Å². The van der Waals surface area contributed by atoms with Crippen LogP contribution in [0.2, 0.25) is 0 Å². The Morgan fingerprint density at radius 2 is 1.52 bits per heavy atom. The lowest BCUT2D eigenvalue weighted by atomic mass is 9.48. The molecule has 0 heterocycles. The summed E-state index contributed by atoms with van der Waals surface area (Å²) in [6.07, 6.45) is 16.8. The molecule has 1 atom stereocenters. The van der Waals surface area contributed by atoms with Crippen LogP contribution < -0.4 is 5.32 Å². The maximum absolute atomic E-state index is 3.78. The van der Waals surface area contributed by atoms with E-state index >= 15 is 0 Å². The summed E-state index contributed by atoms with van der Waals surface area (Å²) in [7, 11) is 2.24. The van der Waals surface area contributed by atoms with Gasteiger partial charge in [-0.15, -0.1) is 0 Å². The van der Waals surface area contributed by atoms with Crippen LogP contribution in [-0.2, 0) is 0 Å². The van der Waals surface area contributed by atoms with E-state index in [-0.39, 0.29) is 0 Å². The largest absolute Gasteiger partial charge is 0.316 e. The smallest absolute Gasteiger partial charge is 0.0212 e. The molecule has 0 radical (unpaired) electrons. The van der Waals surface area contributed by atoms with E-state index in [0.29, 0.717) is 5.41 Å². The molecule has 0 amide bonds. The van der Waals surface area contributed by atoms with Crippen LogP contribution >= 0.6 is 11.8 Å². The molecule has 5 saturated carbocycles. The number of hydrogen-bond acceptors (Lipinski definition) is 2. The van der Waals surface area contributed by atoms with E-state index in [4.69, 9.17) is 0 Å². The van der Waals surface area contributed by atoms with Crippen LogP contribution in [0.25, 0.3) is 0 Å². The SMILES string of the molecule is CNC(CSC1CCCCC1)C12CC3CC(CC(C3)C1)C2. The zero-order valence-electron chi connectivity index (χ0n) is 13.8. The van der Waals surface area contributed by atoms with Crippen molar-refractivity contribution in [3.63, 3.8) is 0 Å². The van der Waals surface area contributed by atoms with Crippen LogP contribution in [0.4, 0.5) is 0 Å². The van der Waals surface area contributed by atoms with Crippen LogP contribution in [0.15, 0.2) is 0 Å². The normalized spacial score (nSPS) is 44.1. The summed E-state index contributed by atoms with van der Waals surface area (Å²) in [4.78, 5) is 0. The van der Waals surface area contributed by atoms with Gasteiger partial charge in [0, 0.05) is 17.0 Å². The van der Waals surface area contributed by atoms with Crippen LogP contribution in [0.1, 0.15) is 70.6 Å². The van der Waals surface area contributed by atoms with E-state index in [1.165, 1.54) is 37.9 Å². The quantitative estimate of drug-likeness (QED) is 0.778. The van der Waals surface area contributed by atoms with Crippen LogP contribution in [0, 0.1) is 23.2 Å². The number of hydrogen-bond donors (Lipinski definition) is 1. The molecule has 5 aliphatic carbocycles. The molecular formula is C19H33NS. The number of rotatable bonds is 5. The van der Waals surface area contributed by atoms with Gasteiger partial charge in [0.1, 0.15) is 0 Å². The fraction of sp³-hybridized carbons (Fsp3) is 1.00. The van der Waals surface area contributed by atoms with Gasteiger partial charge in [-0.3, -0.25) is 0 Å². The topological polar surface area (TPSA) is 12.0 Å². The zero-order chi connectivity index (χ0) is 14.3. The number of nitrogens with one attached hydrogen (secondary N) is 1. The maximum Gasteiger partial charge on any atom is 0.0212 e. The molecule has 5 fully saturated rings. The summed E-state index contributed by atoms with van der Waals surface area (Å²) in [6, 6.07) is 0.790. The average molecular weight is 308 g/mol. The van der Waals surface area contributed by atoms with Gasteiger partial charge in [0.15, 0.2) is 0 Å². The molecule has 0 aromatic heterocycles. The van der Waals surface area contributed by atoms with Gasteiger partial charge < -0.3 is 5.32 Å². The lowest BCUT2D eigenvalue weighted by molar-refractivity contribution is -0.0682. The highest BCUT2D eigenvalue weighted by atomic mass is 32.2.